The standard InChI is InChI=1S/C14H16N2O2/c15-8-10-16-9-4-7-13(16)14(17)18-11-12-5-2-1-3-6-12/h1-3,5-6,13H,4,7,9-11H2/t13-/m0/s1. The van der Waals surface area contributed by atoms with Crippen LogP contribution in [0.5, 0.6) is 0 Å². The third kappa shape index (κ3) is 3.08. The molecule has 2 rings (SSSR count). The number of nitriles is 1. The van der Waals surface area contributed by atoms with Gasteiger partial charge in [0.1, 0.15) is 12.6 Å². The van der Waals surface area contributed by atoms with Crippen molar-refractivity contribution in [3.05, 3.63) is 35.9 Å². The largest absolute Gasteiger partial charge is 0.460 e. The summed E-state index contributed by atoms with van der Waals surface area (Å²) in [6.07, 6.45) is 1.74. The van der Waals surface area contributed by atoms with Crippen LogP contribution in [0.4, 0.5) is 0 Å². The van der Waals surface area contributed by atoms with Gasteiger partial charge >= 0.3 is 5.97 Å². The lowest BCUT2D eigenvalue weighted by atomic mass is 10.2. The van der Waals surface area contributed by atoms with Gasteiger partial charge in [0, 0.05) is 6.54 Å². The molecule has 1 heterocycles. The van der Waals surface area contributed by atoms with Crippen molar-refractivity contribution in [2.45, 2.75) is 25.5 Å². The Morgan fingerprint density at radius 1 is 1.44 bits per heavy atom. The van der Waals surface area contributed by atoms with Crippen LogP contribution in [0.25, 0.3) is 0 Å². The quantitative estimate of drug-likeness (QED) is 0.597. The summed E-state index contributed by atoms with van der Waals surface area (Å²) in [6.45, 7) is 1.40. The van der Waals surface area contributed by atoms with Crippen LogP contribution in [0.3, 0.4) is 0 Å². The second-order valence-corrected chi connectivity index (χ2v) is 4.38. The zero-order valence-electron chi connectivity index (χ0n) is 10.2. The zero-order chi connectivity index (χ0) is 12.8. The Labute approximate surface area is 107 Å². The maximum atomic E-state index is 11.9. The first kappa shape index (κ1) is 12.6. The predicted octanol–water partition coefficient (Wildman–Crippen LogP) is 1.72. The number of ether oxygens (including phenoxy) is 1. The van der Waals surface area contributed by atoms with E-state index in [0.717, 1.165) is 24.9 Å². The molecule has 0 bridgehead atoms. The Morgan fingerprint density at radius 2 is 2.22 bits per heavy atom. The Hall–Kier alpha value is -1.86. The smallest absolute Gasteiger partial charge is 0.323 e. The second-order valence-electron chi connectivity index (χ2n) is 4.38. The number of likely N-dealkylation sites (tertiary alicyclic amines) is 1. The van der Waals surface area contributed by atoms with E-state index in [1.165, 1.54) is 0 Å². The van der Waals surface area contributed by atoms with Gasteiger partial charge in [-0.15, -0.1) is 0 Å². The van der Waals surface area contributed by atoms with Crippen LogP contribution < -0.4 is 0 Å². The molecule has 0 aliphatic carbocycles. The molecular formula is C14H16N2O2. The van der Waals surface area contributed by atoms with E-state index >= 15 is 0 Å². The molecule has 94 valence electrons. The molecule has 0 N–H and O–H groups in total. The summed E-state index contributed by atoms with van der Waals surface area (Å²) in [5.41, 5.74) is 0.982. The molecule has 0 unspecified atom stereocenters. The van der Waals surface area contributed by atoms with Crippen LogP contribution in [0, 0.1) is 11.3 Å². The molecule has 1 atom stereocenters. The Kier molecular flexibility index (Phi) is 4.32. The minimum absolute atomic E-state index is 0.216. The van der Waals surface area contributed by atoms with E-state index in [0.29, 0.717) is 13.2 Å². The number of benzene rings is 1. The van der Waals surface area contributed by atoms with Crippen molar-refractivity contribution in [3.63, 3.8) is 0 Å². The second kappa shape index (κ2) is 6.18. The number of hydrogen-bond acceptors (Lipinski definition) is 4. The van der Waals surface area contributed by atoms with Gasteiger partial charge in [-0.2, -0.15) is 5.26 Å². The molecule has 0 radical (unpaired) electrons. The highest BCUT2D eigenvalue weighted by Crippen LogP contribution is 2.18. The summed E-state index contributed by atoms with van der Waals surface area (Å²) in [5, 5.41) is 8.69. The first-order valence-electron chi connectivity index (χ1n) is 6.13. The van der Waals surface area contributed by atoms with E-state index in [4.69, 9.17) is 10.00 Å². The lowest BCUT2D eigenvalue weighted by Crippen LogP contribution is -2.37. The fourth-order valence-electron chi connectivity index (χ4n) is 2.20. The minimum Gasteiger partial charge on any atom is -0.460 e. The Morgan fingerprint density at radius 3 is 2.94 bits per heavy atom. The molecule has 0 spiro atoms. The molecule has 0 amide bonds. The summed E-state index contributed by atoms with van der Waals surface area (Å²) >= 11 is 0. The van der Waals surface area contributed by atoms with Crippen LogP contribution in [0.15, 0.2) is 30.3 Å². The number of rotatable bonds is 4. The fraction of sp³-hybridized carbons (Fsp3) is 0.429. The zero-order valence-corrected chi connectivity index (χ0v) is 10.2. The molecule has 18 heavy (non-hydrogen) atoms. The molecule has 1 aromatic rings. The average Bonchev–Trinajstić information content (AvgIpc) is 2.86. The van der Waals surface area contributed by atoms with Crippen molar-refractivity contribution < 1.29 is 9.53 Å². The lowest BCUT2D eigenvalue weighted by Gasteiger charge is -2.19. The van der Waals surface area contributed by atoms with Crippen LogP contribution >= 0.6 is 0 Å². The highest BCUT2D eigenvalue weighted by Gasteiger charge is 2.31. The van der Waals surface area contributed by atoms with Crippen molar-refractivity contribution >= 4 is 5.97 Å². The van der Waals surface area contributed by atoms with Crippen LogP contribution in [0.2, 0.25) is 0 Å². The molecule has 4 heteroatoms. The highest BCUT2D eigenvalue weighted by atomic mass is 16.5. The van der Waals surface area contributed by atoms with Gasteiger partial charge in [-0.1, -0.05) is 30.3 Å². The predicted molar refractivity (Wildman–Crippen MR) is 66.4 cm³/mol. The number of carbonyl (C=O) groups excluding carboxylic acids is 1. The highest BCUT2D eigenvalue weighted by molar-refractivity contribution is 5.76. The number of hydrogen-bond donors (Lipinski definition) is 0. The molecular weight excluding hydrogens is 228 g/mol. The van der Waals surface area contributed by atoms with Crippen molar-refractivity contribution in [3.8, 4) is 6.07 Å². The topological polar surface area (TPSA) is 53.3 Å². The molecule has 1 aliphatic heterocycles. The first-order chi connectivity index (χ1) is 8.81. The van der Waals surface area contributed by atoms with E-state index in [9.17, 15) is 4.79 Å². The summed E-state index contributed by atoms with van der Waals surface area (Å²) in [4.78, 5) is 13.8. The normalized spacial score (nSPS) is 19.4. The third-order valence-electron chi connectivity index (χ3n) is 3.13. The van der Waals surface area contributed by atoms with Crippen molar-refractivity contribution in [1.82, 2.24) is 4.90 Å². The summed E-state index contributed by atoms with van der Waals surface area (Å²) in [5.74, 6) is -0.216. The molecule has 0 saturated carbocycles. The molecule has 1 aromatic carbocycles. The summed E-state index contributed by atoms with van der Waals surface area (Å²) in [7, 11) is 0. The minimum atomic E-state index is -0.242. The molecule has 0 aromatic heterocycles. The Bertz CT molecular complexity index is 439. The Balaban J connectivity index is 1.86. The maximum absolute atomic E-state index is 11.9. The van der Waals surface area contributed by atoms with Gasteiger partial charge in [-0.3, -0.25) is 9.69 Å². The van der Waals surface area contributed by atoms with Crippen molar-refractivity contribution in [2.24, 2.45) is 0 Å². The van der Waals surface area contributed by atoms with Gasteiger partial charge in [-0.25, -0.2) is 0 Å². The molecule has 1 aliphatic rings. The van der Waals surface area contributed by atoms with E-state index in [1.807, 2.05) is 35.2 Å². The van der Waals surface area contributed by atoms with Crippen LogP contribution in [-0.4, -0.2) is 30.0 Å². The van der Waals surface area contributed by atoms with Gasteiger partial charge in [0.05, 0.1) is 12.6 Å². The first-order valence-corrected chi connectivity index (χ1v) is 6.13. The van der Waals surface area contributed by atoms with Crippen LogP contribution in [0.1, 0.15) is 18.4 Å². The van der Waals surface area contributed by atoms with E-state index in [1.54, 1.807) is 0 Å². The molecule has 4 nitrogen and oxygen atoms in total. The van der Waals surface area contributed by atoms with E-state index in [2.05, 4.69) is 6.07 Å². The molecule has 1 saturated heterocycles. The lowest BCUT2D eigenvalue weighted by molar-refractivity contribution is -0.150. The maximum Gasteiger partial charge on any atom is 0.323 e. The van der Waals surface area contributed by atoms with Crippen molar-refractivity contribution in [1.29, 1.82) is 5.26 Å². The fourth-order valence-corrected chi connectivity index (χ4v) is 2.20. The third-order valence-corrected chi connectivity index (χ3v) is 3.13. The van der Waals surface area contributed by atoms with Gasteiger partial charge < -0.3 is 4.74 Å². The average molecular weight is 244 g/mol. The summed E-state index contributed by atoms with van der Waals surface area (Å²) in [6, 6.07) is 11.5. The van der Waals surface area contributed by atoms with Crippen LogP contribution in [-0.2, 0) is 16.1 Å². The van der Waals surface area contributed by atoms with Gasteiger partial charge in [-0.05, 0) is 18.4 Å². The number of carbonyl (C=O) groups is 1. The van der Waals surface area contributed by atoms with Gasteiger partial charge in [0.15, 0.2) is 0 Å². The summed E-state index contributed by atoms with van der Waals surface area (Å²) < 4.78 is 5.30. The van der Waals surface area contributed by atoms with Crippen molar-refractivity contribution in [2.75, 3.05) is 13.1 Å². The van der Waals surface area contributed by atoms with Gasteiger partial charge in [0.25, 0.3) is 0 Å². The van der Waals surface area contributed by atoms with E-state index in [-0.39, 0.29) is 12.0 Å². The molecule has 1 fully saturated rings. The SMILES string of the molecule is N#CCN1CCC[C@H]1C(=O)OCc1ccccc1. The number of esters is 1. The monoisotopic (exact) mass is 244 g/mol. The van der Waals surface area contributed by atoms with Gasteiger partial charge in [0.2, 0.25) is 0 Å². The van der Waals surface area contributed by atoms with E-state index < -0.39 is 0 Å². The number of nitrogens with zero attached hydrogens (tertiary/aromatic N) is 2.